The number of furan rings is 1. The van der Waals surface area contributed by atoms with Crippen molar-refractivity contribution >= 4 is 19.3 Å². The number of nitro groups is 1. The minimum atomic E-state index is -4.17. The molecular formula is C12H14N3O6P. The zero-order chi connectivity index (χ0) is 16.2. The van der Waals surface area contributed by atoms with Crippen LogP contribution in [-0.2, 0) is 9.09 Å². The summed E-state index contributed by atoms with van der Waals surface area (Å²) in [6.45, 7) is 1.56. The lowest BCUT2D eigenvalue weighted by Crippen LogP contribution is -2.13. The monoisotopic (exact) mass is 327 g/mol. The van der Waals surface area contributed by atoms with E-state index in [2.05, 4.69) is 10.3 Å². The predicted molar refractivity (Wildman–Crippen MR) is 77.4 cm³/mol. The minimum Gasteiger partial charge on any atom is -0.403 e. The smallest absolute Gasteiger partial charge is 0.403 e. The van der Waals surface area contributed by atoms with Gasteiger partial charge in [-0.25, -0.2) is 4.98 Å². The molecule has 0 saturated carbocycles. The Kier molecular flexibility index (Phi) is 4.92. The van der Waals surface area contributed by atoms with E-state index in [1.807, 2.05) is 0 Å². The van der Waals surface area contributed by atoms with Crippen molar-refractivity contribution in [2.45, 2.75) is 12.7 Å². The summed E-state index contributed by atoms with van der Waals surface area (Å²) in [7, 11) is -4.17. The summed E-state index contributed by atoms with van der Waals surface area (Å²) in [5.74, 6) is -1.62. The largest absolute Gasteiger partial charge is 0.433 e. The number of hydrogen-bond donors (Lipinski definition) is 2. The van der Waals surface area contributed by atoms with Crippen LogP contribution >= 0.6 is 7.60 Å². The van der Waals surface area contributed by atoms with E-state index in [1.165, 1.54) is 12.3 Å². The van der Waals surface area contributed by atoms with E-state index in [-0.39, 0.29) is 12.4 Å². The van der Waals surface area contributed by atoms with Crippen LogP contribution in [0.15, 0.2) is 40.9 Å². The van der Waals surface area contributed by atoms with Crippen molar-refractivity contribution in [2.75, 3.05) is 11.9 Å². The zero-order valence-corrected chi connectivity index (χ0v) is 12.5. The second-order valence-electron chi connectivity index (χ2n) is 4.18. The maximum absolute atomic E-state index is 12.3. The van der Waals surface area contributed by atoms with Gasteiger partial charge in [-0.1, -0.05) is 6.07 Å². The van der Waals surface area contributed by atoms with Crippen LogP contribution in [0.3, 0.4) is 0 Å². The number of anilines is 1. The summed E-state index contributed by atoms with van der Waals surface area (Å²) in [5.41, 5.74) is 0. The maximum atomic E-state index is 12.3. The molecule has 2 unspecified atom stereocenters. The Morgan fingerprint density at radius 2 is 2.27 bits per heavy atom. The molecule has 118 valence electrons. The molecule has 0 aromatic carbocycles. The fourth-order valence-electron chi connectivity index (χ4n) is 1.75. The second-order valence-corrected chi connectivity index (χ2v) is 6.08. The summed E-state index contributed by atoms with van der Waals surface area (Å²) in [6.07, 6.45) is 1.49. The average molecular weight is 327 g/mol. The van der Waals surface area contributed by atoms with Crippen LogP contribution in [0.5, 0.6) is 0 Å². The summed E-state index contributed by atoms with van der Waals surface area (Å²) >= 11 is 0. The Balaban J connectivity index is 2.36. The van der Waals surface area contributed by atoms with Gasteiger partial charge in [0.15, 0.2) is 5.78 Å². The molecular weight excluding hydrogens is 313 g/mol. The molecule has 0 aliphatic carbocycles. The average Bonchev–Trinajstić information content (AvgIpc) is 2.95. The van der Waals surface area contributed by atoms with Crippen LogP contribution in [0.1, 0.15) is 18.5 Å². The van der Waals surface area contributed by atoms with Crippen LogP contribution in [0.25, 0.3) is 0 Å². The first-order chi connectivity index (χ1) is 10.4. The van der Waals surface area contributed by atoms with Gasteiger partial charge in [-0.05, 0) is 25.1 Å². The third-order valence-corrected chi connectivity index (χ3v) is 4.32. The van der Waals surface area contributed by atoms with E-state index in [9.17, 15) is 19.6 Å². The van der Waals surface area contributed by atoms with Gasteiger partial charge in [0.05, 0.1) is 12.7 Å². The lowest BCUT2D eigenvalue weighted by atomic mass is 10.4. The predicted octanol–water partition coefficient (Wildman–Crippen LogP) is 2.92. The Labute approximate surface area is 125 Å². The summed E-state index contributed by atoms with van der Waals surface area (Å²) in [4.78, 5) is 24.0. The topological polar surface area (TPSA) is 128 Å². The first-order valence-corrected chi connectivity index (χ1v) is 7.97. The lowest BCUT2D eigenvalue weighted by molar-refractivity contribution is -0.402. The molecule has 9 nitrogen and oxygen atoms in total. The SMILES string of the molecule is CCOP(=O)(O)C(Nc1ccccn1)c1ccc([N+](=O)[O-])o1. The van der Waals surface area contributed by atoms with E-state index in [0.29, 0.717) is 5.82 Å². The van der Waals surface area contributed by atoms with Crippen LogP contribution in [0.4, 0.5) is 11.7 Å². The highest BCUT2D eigenvalue weighted by Crippen LogP contribution is 2.56. The van der Waals surface area contributed by atoms with E-state index < -0.39 is 24.2 Å². The zero-order valence-electron chi connectivity index (χ0n) is 11.6. The molecule has 2 N–H and O–H groups in total. The highest BCUT2D eigenvalue weighted by Gasteiger charge is 2.37. The van der Waals surface area contributed by atoms with Gasteiger partial charge in [0.2, 0.25) is 0 Å². The van der Waals surface area contributed by atoms with Crippen molar-refractivity contribution in [1.29, 1.82) is 0 Å². The molecule has 2 heterocycles. The number of hydrogen-bond acceptors (Lipinski definition) is 7. The number of rotatable bonds is 7. The summed E-state index contributed by atoms with van der Waals surface area (Å²) in [6, 6.07) is 7.30. The van der Waals surface area contributed by atoms with Crippen LogP contribution in [0.2, 0.25) is 0 Å². The quantitative estimate of drug-likeness (QED) is 0.451. The van der Waals surface area contributed by atoms with Crippen molar-refractivity contribution in [3.63, 3.8) is 0 Å². The van der Waals surface area contributed by atoms with Crippen LogP contribution < -0.4 is 5.32 Å². The Morgan fingerprint density at radius 3 is 2.82 bits per heavy atom. The molecule has 22 heavy (non-hydrogen) atoms. The molecule has 0 spiro atoms. The number of aromatic nitrogens is 1. The molecule has 0 radical (unpaired) electrons. The third kappa shape index (κ3) is 3.70. The van der Waals surface area contributed by atoms with Crippen molar-refractivity contribution in [3.8, 4) is 0 Å². The number of nitrogens with one attached hydrogen (secondary N) is 1. The van der Waals surface area contributed by atoms with Crippen molar-refractivity contribution in [3.05, 3.63) is 52.4 Å². The Hall–Kier alpha value is -2.22. The van der Waals surface area contributed by atoms with Gasteiger partial charge in [0, 0.05) is 6.20 Å². The van der Waals surface area contributed by atoms with Gasteiger partial charge in [-0.2, -0.15) is 0 Å². The van der Waals surface area contributed by atoms with Gasteiger partial charge in [0.25, 0.3) is 0 Å². The first-order valence-electron chi connectivity index (χ1n) is 6.32. The Bertz CT molecular complexity index is 689. The maximum Gasteiger partial charge on any atom is 0.433 e. The molecule has 2 rings (SSSR count). The first kappa shape index (κ1) is 16.2. The minimum absolute atomic E-state index is 0.00300. The number of nitrogens with zero attached hydrogens (tertiary/aromatic N) is 2. The molecule has 2 aromatic heterocycles. The van der Waals surface area contributed by atoms with Crippen LogP contribution in [-0.4, -0.2) is 21.4 Å². The molecule has 0 saturated heterocycles. The standard InChI is InChI=1S/C12H14N3O6P/c1-2-20-22(18,19)12(14-10-5-3-4-8-13-10)9-6-7-11(21-9)15(16)17/h3-8,12H,2H2,1H3,(H,13,14)(H,18,19). The van der Waals surface area contributed by atoms with Gasteiger partial charge in [-0.3, -0.25) is 14.7 Å². The van der Waals surface area contributed by atoms with E-state index in [4.69, 9.17) is 8.94 Å². The fourth-order valence-corrected chi connectivity index (χ4v) is 3.02. The molecule has 0 fully saturated rings. The summed E-state index contributed by atoms with van der Waals surface area (Å²) in [5, 5.41) is 13.4. The highest BCUT2D eigenvalue weighted by molar-refractivity contribution is 7.53. The molecule has 10 heteroatoms. The van der Waals surface area contributed by atoms with Crippen molar-refractivity contribution < 1.29 is 23.3 Å². The molecule has 2 aromatic rings. The van der Waals surface area contributed by atoms with E-state index in [0.717, 1.165) is 6.07 Å². The normalized spacial score (nSPS) is 15.0. The van der Waals surface area contributed by atoms with Gasteiger partial charge < -0.3 is 19.2 Å². The fraction of sp³-hybridized carbons (Fsp3) is 0.250. The van der Waals surface area contributed by atoms with Crippen molar-refractivity contribution in [2.24, 2.45) is 0 Å². The molecule has 0 bridgehead atoms. The second kappa shape index (κ2) is 6.69. The summed E-state index contributed by atoms with van der Waals surface area (Å²) < 4.78 is 22.2. The molecule has 0 aliphatic heterocycles. The van der Waals surface area contributed by atoms with Crippen molar-refractivity contribution in [1.82, 2.24) is 4.98 Å². The number of pyridine rings is 1. The van der Waals surface area contributed by atoms with Gasteiger partial charge in [0.1, 0.15) is 16.5 Å². The highest BCUT2D eigenvalue weighted by atomic mass is 31.2. The van der Waals surface area contributed by atoms with Gasteiger partial charge >= 0.3 is 13.5 Å². The van der Waals surface area contributed by atoms with Gasteiger partial charge in [-0.15, -0.1) is 0 Å². The molecule has 0 aliphatic rings. The Morgan fingerprint density at radius 1 is 1.50 bits per heavy atom. The molecule has 0 amide bonds. The third-order valence-electron chi connectivity index (χ3n) is 2.65. The van der Waals surface area contributed by atoms with E-state index >= 15 is 0 Å². The van der Waals surface area contributed by atoms with E-state index in [1.54, 1.807) is 25.1 Å². The van der Waals surface area contributed by atoms with Crippen LogP contribution in [0, 0.1) is 10.1 Å². The lowest BCUT2D eigenvalue weighted by Gasteiger charge is -2.21. The molecule has 2 atom stereocenters.